The van der Waals surface area contributed by atoms with Crippen LogP contribution >= 0.6 is 11.3 Å². The average molecular weight is 290 g/mol. The number of thiophene rings is 1. The molecule has 0 fully saturated rings. The Bertz CT molecular complexity index is 526. The van der Waals surface area contributed by atoms with Gasteiger partial charge in [0, 0.05) is 5.69 Å². The smallest absolute Gasteiger partial charge is 0.161 e. The Hall–Kier alpha value is -1.85. The molecule has 1 aromatic carbocycles. The van der Waals surface area contributed by atoms with E-state index in [0.29, 0.717) is 0 Å². The highest BCUT2D eigenvalue weighted by molar-refractivity contribution is 7.12. The molecule has 0 amide bonds. The van der Waals surface area contributed by atoms with Crippen molar-refractivity contribution in [3.8, 4) is 0 Å². The molecule has 0 aliphatic heterocycles. The van der Waals surface area contributed by atoms with Gasteiger partial charge in [0.05, 0.1) is 10.6 Å². The van der Waals surface area contributed by atoms with Gasteiger partial charge in [-0.05, 0) is 30.0 Å². The zero-order chi connectivity index (χ0) is 14.2. The van der Waals surface area contributed by atoms with Gasteiger partial charge in [-0.15, -0.1) is 11.3 Å². The van der Waals surface area contributed by atoms with Crippen molar-refractivity contribution >= 4 is 22.7 Å². The van der Waals surface area contributed by atoms with Crippen LogP contribution in [0.1, 0.15) is 18.2 Å². The fourth-order valence-corrected chi connectivity index (χ4v) is 2.46. The maximum atomic E-state index is 9.82. The Labute approximate surface area is 122 Å². The first kappa shape index (κ1) is 14.6. The zero-order valence-electron chi connectivity index (χ0n) is 11.3. The normalized spacial score (nSPS) is 13.0. The van der Waals surface area contributed by atoms with Crippen molar-refractivity contribution in [3.63, 3.8) is 0 Å². The highest BCUT2D eigenvalue weighted by atomic mass is 32.1. The summed E-state index contributed by atoms with van der Waals surface area (Å²) in [7, 11) is 0. The summed E-state index contributed by atoms with van der Waals surface area (Å²) in [6.45, 7) is 2.13. The van der Waals surface area contributed by atoms with Crippen LogP contribution in [0.5, 0.6) is 0 Å². The summed E-state index contributed by atoms with van der Waals surface area (Å²) < 4.78 is 0. The molecule has 106 valence electrons. The van der Waals surface area contributed by atoms with Gasteiger partial charge < -0.3 is 15.3 Å². The third kappa shape index (κ3) is 4.36. The van der Waals surface area contributed by atoms with E-state index in [1.165, 1.54) is 0 Å². The lowest BCUT2D eigenvalue weighted by atomic mass is 10.2. The van der Waals surface area contributed by atoms with Crippen molar-refractivity contribution in [2.24, 2.45) is 5.16 Å². The molecular formula is C15H18N2O2S. The van der Waals surface area contributed by atoms with Crippen LogP contribution in [-0.2, 0) is 4.84 Å². The van der Waals surface area contributed by atoms with Gasteiger partial charge in [0.1, 0.15) is 0 Å². The number of hydrogen-bond acceptors (Lipinski definition) is 5. The van der Waals surface area contributed by atoms with Gasteiger partial charge in [-0.1, -0.05) is 36.3 Å². The summed E-state index contributed by atoms with van der Waals surface area (Å²) in [5.74, 6) is 0. The average Bonchev–Trinajstić information content (AvgIpc) is 2.99. The van der Waals surface area contributed by atoms with E-state index >= 15 is 0 Å². The molecule has 0 saturated heterocycles. The van der Waals surface area contributed by atoms with E-state index < -0.39 is 6.23 Å². The maximum absolute atomic E-state index is 9.82. The SMILES string of the molecule is CC/C(=N/OCC(O)Nc1ccccc1)c1cccs1. The first-order valence-electron chi connectivity index (χ1n) is 6.52. The number of nitrogens with one attached hydrogen (secondary N) is 1. The van der Waals surface area contributed by atoms with Crippen LogP contribution in [0.2, 0.25) is 0 Å². The minimum atomic E-state index is -0.789. The number of hydrogen-bond donors (Lipinski definition) is 2. The minimum absolute atomic E-state index is 0.101. The van der Waals surface area contributed by atoms with Crippen molar-refractivity contribution in [2.75, 3.05) is 11.9 Å². The summed E-state index contributed by atoms with van der Waals surface area (Å²) in [6.07, 6.45) is 0.00510. The molecule has 4 nitrogen and oxygen atoms in total. The fraction of sp³-hybridized carbons (Fsp3) is 0.267. The van der Waals surface area contributed by atoms with E-state index in [4.69, 9.17) is 4.84 Å². The molecule has 1 aromatic heterocycles. The summed E-state index contributed by atoms with van der Waals surface area (Å²) >= 11 is 1.63. The van der Waals surface area contributed by atoms with E-state index in [1.807, 2.05) is 54.8 Å². The number of para-hydroxylation sites is 1. The van der Waals surface area contributed by atoms with E-state index in [2.05, 4.69) is 10.5 Å². The Morgan fingerprint density at radius 3 is 2.75 bits per heavy atom. The standard InChI is InChI=1S/C15H18N2O2S/c1-2-13(14-9-6-10-20-14)17-19-11-15(18)16-12-7-4-3-5-8-12/h3-10,15-16,18H,2,11H2,1H3/b17-13-. The van der Waals surface area contributed by atoms with Crippen LogP contribution in [0, 0.1) is 0 Å². The third-order valence-electron chi connectivity index (χ3n) is 2.65. The van der Waals surface area contributed by atoms with Gasteiger partial charge in [-0.3, -0.25) is 0 Å². The number of oxime groups is 1. The second kappa shape index (κ2) is 7.67. The van der Waals surface area contributed by atoms with Crippen LogP contribution in [-0.4, -0.2) is 23.7 Å². The molecule has 2 aromatic rings. The third-order valence-corrected chi connectivity index (χ3v) is 3.57. The maximum Gasteiger partial charge on any atom is 0.161 e. The van der Waals surface area contributed by atoms with Crippen LogP contribution in [0.3, 0.4) is 0 Å². The number of anilines is 1. The molecule has 1 atom stereocenters. The zero-order valence-corrected chi connectivity index (χ0v) is 12.1. The largest absolute Gasteiger partial charge is 0.391 e. The van der Waals surface area contributed by atoms with Gasteiger partial charge in [-0.25, -0.2) is 0 Å². The second-order valence-electron chi connectivity index (χ2n) is 4.19. The molecule has 0 aliphatic rings. The quantitative estimate of drug-likeness (QED) is 0.467. The molecule has 1 unspecified atom stereocenters. The highest BCUT2D eigenvalue weighted by Crippen LogP contribution is 2.12. The Kier molecular flexibility index (Phi) is 5.58. The molecule has 1 heterocycles. The van der Waals surface area contributed by atoms with Crippen LogP contribution in [0.4, 0.5) is 5.69 Å². The summed E-state index contributed by atoms with van der Waals surface area (Å²) in [6, 6.07) is 13.5. The molecule has 0 bridgehead atoms. The monoisotopic (exact) mass is 290 g/mol. The van der Waals surface area contributed by atoms with Crippen molar-refractivity contribution in [2.45, 2.75) is 19.6 Å². The molecular weight excluding hydrogens is 272 g/mol. The first-order valence-corrected chi connectivity index (χ1v) is 7.40. The van der Waals surface area contributed by atoms with Crippen LogP contribution < -0.4 is 5.32 Å². The molecule has 20 heavy (non-hydrogen) atoms. The highest BCUT2D eigenvalue weighted by Gasteiger charge is 2.06. The predicted molar refractivity (Wildman–Crippen MR) is 83.2 cm³/mol. The Morgan fingerprint density at radius 1 is 1.30 bits per heavy atom. The van der Waals surface area contributed by atoms with Gasteiger partial charge in [0.25, 0.3) is 0 Å². The van der Waals surface area contributed by atoms with E-state index in [-0.39, 0.29) is 6.61 Å². The lowest BCUT2D eigenvalue weighted by molar-refractivity contribution is 0.0545. The van der Waals surface area contributed by atoms with Crippen molar-refractivity contribution < 1.29 is 9.94 Å². The van der Waals surface area contributed by atoms with E-state index in [0.717, 1.165) is 22.7 Å². The molecule has 0 saturated carbocycles. The van der Waals surface area contributed by atoms with Gasteiger partial charge in [0.15, 0.2) is 12.8 Å². The number of aliphatic hydroxyl groups is 1. The molecule has 0 aliphatic carbocycles. The predicted octanol–water partition coefficient (Wildman–Crippen LogP) is 3.31. The Morgan fingerprint density at radius 2 is 2.10 bits per heavy atom. The fourth-order valence-electron chi connectivity index (χ4n) is 1.68. The van der Waals surface area contributed by atoms with E-state index in [1.54, 1.807) is 11.3 Å². The number of nitrogens with zero attached hydrogens (tertiary/aromatic N) is 1. The lowest BCUT2D eigenvalue weighted by Crippen LogP contribution is -2.24. The molecule has 0 radical (unpaired) electrons. The topological polar surface area (TPSA) is 53.9 Å². The van der Waals surface area contributed by atoms with Gasteiger partial charge in [0.2, 0.25) is 0 Å². The number of aliphatic hydroxyl groups excluding tert-OH is 1. The Balaban J connectivity index is 1.82. The van der Waals surface area contributed by atoms with Crippen LogP contribution in [0.25, 0.3) is 0 Å². The molecule has 2 N–H and O–H groups in total. The van der Waals surface area contributed by atoms with Crippen molar-refractivity contribution in [1.29, 1.82) is 0 Å². The summed E-state index contributed by atoms with van der Waals surface area (Å²) in [5.41, 5.74) is 1.74. The second-order valence-corrected chi connectivity index (χ2v) is 5.14. The number of rotatable bonds is 7. The van der Waals surface area contributed by atoms with Crippen molar-refractivity contribution in [1.82, 2.24) is 0 Å². The summed E-state index contributed by atoms with van der Waals surface area (Å²) in [4.78, 5) is 6.32. The molecule has 0 spiro atoms. The van der Waals surface area contributed by atoms with Gasteiger partial charge in [-0.2, -0.15) is 0 Å². The first-order chi connectivity index (χ1) is 9.79. The number of benzene rings is 1. The molecule has 2 rings (SSSR count). The lowest BCUT2D eigenvalue weighted by Gasteiger charge is -2.13. The van der Waals surface area contributed by atoms with Crippen LogP contribution in [0.15, 0.2) is 53.0 Å². The summed E-state index contributed by atoms with van der Waals surface area (Å²) in [5, 5.41) is 18.8. The van der Waals surface area contributed by atoms with E-state index in [9.17, 15) is 5.11 Å². The van der Waals surface area contributed by atoms with Crippen molar-refractivity contribution in [3.05, 3.63) is 52.7 Å². The minimum Gasteiger partial charge on any atom is -0.391 e. The van der Waals surface area contributed by atoms with Gasteiger partial charge >= 0.3 is 0 Å². The molecule has 5 heteroatoms.